The zero-order valence-corrected chi connectivity index (χ0v) is 12.0. The molecule has 0 aromatic carbocycles. The van der Waals surface area contributed by atoms with E-state index in [9.17, 15) is 10.1 Å². The topological polar surface area (TPSA) is 53.3 Å². The Kier molecular flexibility index (Phi) is 4.46. The molecule has 1 saturated carbocycles. The molecule has 2 fully saturated rings. The molecule has 2 rings (SSSR count). The minimum Gasteiger partial charge on any atom is -0.375 e. The lowest BCUT2D eigenvalue weighted by molar-refractivity contribution is -0.151. The zero-order valence-electron chi connectivity index (χ0n) is 12.0. The summed E-state index contributed by atoms with van der Waals surface area (Å²) < 4.78 is 5.57. The predicted molar refractivity (Wildman–Crippen MR) is 72.3 cm³/mol. The van der Waals surface area contributed by atoms with Crippen LogP contribution in [0.3, 0.4) is 0 Å². The Morgan fingerprint density at radius 1 is 1.26 bits per heavy atom. The van der Waals surface area contributed by atoms with E-state index in [2.05, 4.69) is 6.07 Å². The SMILES string of the molecule is CC1CN(C(=O)C2(C#N)CCCCCC2)C(C)CO1. The van der Waals surface area contributed by atoms with Crippen LogP contribution in [0, 0.1) is 16.7 Å². The van der Waals surface area contributed by atoms with Crippen molar-refractivity contribution in [1.29, 1.82) is 5.26 Å². The maximum Gasteiger partial charge on any atom is 0.243 e. The summed E-state index contributed by atoms with van der Waals surface area (Å²) in [6.07, 6.45) is 5.79. The summed E-state index contributed by atoms with van der Waals surface area (Å²) in [6.45, 7) is 5.18. The van der Waals surface area contributed by atoms with Crippen LogP contribution in [0.4, 0.5) is 0 Å². The molecule has 0 aromatic heterocycles. The Balaban J connectivity index is 2.17. The standard InChI is InChI=1S/C15H24N2O2/c1-12-10-19-13(2)9-17(12)14(18)15(11-16)7-5-3-4-6-8-15/h12-13H,3-10H2,1-2H3. The molecule has 19 heavy (non-hydrogen) atoms. The number of carbonyl (C=O) groups is 1. The molecule has 1 heterocycles. The van der Waals surface area contributed by atoms with E-state index in [1.54, 1.807) is 0 Å². The van der Waals surface area contributed by atoms with Gasteiger partial charge in [0.25, 0.3) is 0 Å². The van der Waals surface area contributed by atoms with Gasteiger partial charge in [-0.3, -0.25) is 4.79 Å². The Morgan fingerprint density at radius 2 is 1.89 bits per heavy atom. The minimum absolute atomic E-state index is 0.0413. The summed E-state index contributed by atoms with van der Waals surface area (Å²) in [7, 11) is 0. The number of rotatable bonds is 1. The zero-order chi connectivity index (χ0) is 13.9. The van der Waals surface area contributed by atoms with Crippen molar-refractivity contribution in [2.75, 3.05) is 13.2 Å². The smallest absolute Gasteiger partial charge is 0.243 e. The molecular weight excluding hydrogens is 240 g/mol. The van der Waals surface area contributed by atoms with Gasteiger partial charge >= 0.3 is 0 Å². The largest absolute Gasteiger partial charge is 0.375 e. The lowest BCUT2D eigenvalue weighted by atomic mass is 9.80. The molecule has 0 N–H and O–H groups in total. The number of nitrogens with zero attached hydrogens (tertiary/aromatic N) is 2. The Labute approximate surface area is 115 Å². The average Bonchev–Trinajstić information content (AvgIpc) is 2.67. The van der Waals surface area contributed by atoms with Crippen LogP contribution in [-0.4, -0.2) is 36.1 Å². The van der Waals surface area contributed by atoms with Gasteiger partial charge in [-0.2, -0.15) is 5.26 Å². The number of carbonyl (C=O) groups excluding carboxylic acids is 1. The normalized spacial score (nSPS) is 31.3. The molecule has 1 amide bonds. The second-order valence-corrected chi connectivity index (χ2v) is 6.06. The number of ether oxygens (including phenoxy) is 1. The second-order valence-electron chi connectivity index (χ2n) is 6.06. The van der Waals surface area contributed by atoms with E-state index in [1.165, 1.54) is 0 Å². The molecule has 1 saturated heterocycles. The van der Waals surface area contributed by atoms with Gasteiger partial charge in [-0.05, 0) is 26.7 Å². The number of nitriles is 1. The first-order valence-electron chi connectivity index (χ1n) is 7.43. The summed E-state index contributed by atoms with van der Waals surface area (Å²) >= 11 is 0. The summed E-state index contributed by atoms with van der Waals surface area (Å²) in [5.74, 6) is 0.0413. The minimum atomic E-state index is -0.776. The molecule has 0 aromatic rings. The third kappa shape index (κ3) is 2.92. The third-order valence-electron chi connectivity index (χ3n) is 4.45. The first-order valence-corrected chi connectivity index (χ1v) is 7.43. The molecule has 2 atom stereocenters. The van der Waals surface area contributed by atoms with Crippen molar-refractivity contribution in [3.8, 4) is 6.07 Å². The Morgan fingerprint density at radius 3 is 2.47 bits per heavy atom. The van der Waals surface area contributed by atoms with Crippen molar-refractivity contribution in [1.82, 2.24) is 4.90 Å². The van der Waals surface area contributed by atoms with Gasteiger partial charge in [0.15, 0.2) is 0 Å². The fourth-order valence-corrected chi connectivity index (χ4v) is 3.17. The van der Waals surface area contributed by atoms with Crippen LogP contribution in [0.25, 0.3) is 0 Å². The van der Waals surface area contributed by atoms with Crippen molar-refractivity contribution in [2.24, 2.45) is 5.41 Å². The third-order valence-corrected chi connectivity index (χ3v) is 4.45. The molecular formula is C15H24N2O2. The molecule has 1 aliphatic carbocycles. The summed E-state index contributed by atoms with van der Waals surface area (Å²) in [5, 5.41) is 9.59. The molecule has 1 aliphatic heterocycles. The molecule has 4 heteroatoms. The van der Waals surface area contributed by atoms with Gasteiger partial charge in [0.1, 0.15) is 5.41 Å². The summed E-state index contributed by atoms with van der Waals surface area (Å²) in [5.41, 5.74) is -0.776. The number of morpholine rings is 1. The monoisotopic (exact) mass is 264 g/mol. The summed E-state index contributed by atoms with van der Waals surface area (Å²) in [4.78, 5) is 14.7. The highest BCUT2D eigenvalue weighted by Crippen LogP contribution is 2.37. The molecule has 4 nitrogen and oxygen atoms in total. The van der Waals surface area contributed by atoms with Gasteiger partial charge in [0.2, 0.25) is 5.91 Å². The van der Waals surface area contributed by atoms with E-state index >= 15 is 0 Å². The van der Waals surface area contributed by atoms with E-state index in [1.807, 2.05) is 18.7 Å². The van der Waals surface area contributed by atoms with Crippen molar-refractivity contribution in [3.05, 3.63) is 0 Å². The highest BCUT2D eigenvalue weighted by molar-refractivity contribution is 5.86. The highest BCUT2D eigenvalue weighted by Gasteiger charge is 2.44. The van der Waals surface area contributed by atoms with Crippen LogP contribution in [0.2, 0.25) is 0 Å². The predicted octanol–water partition coefficient (Wildman–Crippen LogP) is 2.49. The van der Waals surface area contributed by atoms with Crippen LogP contribution in [-0.2, 0) is 9.53 Å². The molecule has 0 spiro atoms. The maximum absolute atomic E-state index is 12.9. The van der Waals surface area contributed by atoms with Crippen LogP contribution >= 0.6 is 0 Å². The first kappa shape index (κ1) is 14.3. The second kappa shape index (κ2) is 5.92. The fraction of sp³-hybridized carbons (Fsp3) is 0.867. The highest BCUT2D eigenvalue weighted by atomic mass is 16.5. The maximum atomic E-state index is 12.9. The fourth-order valence-electron chi connectivity index (χ4n) is 3.17. The van der Waals surface area contributed by atoms with Crippen molar-refractivity contribution in [2.45, 2.75) is 64.5 Å². The van der Waals surface area contributed by atoms with Gasteiger partial charge in [-0.25, -0.2) is 0 Å². The van der Waals surface area contributed by atoms with E-state index in [0.29, 0.717) is 13.2 Å². The average molecular weight is 264 g/mol. The molecule has 2 unspecified atom stereocenters. The van der Waals surface area contributed by atoms with Gasteiger partial charge < -0.3 is 9.64 Å². The van der Waals surface area contributed by atoms with Crippen LogP contribution in [0.5, 0.6) is 0 Å². The Hall–Kier alpha value is -1.08. The van der Waals surface area contributed by atoms with Crippen molar-refractivity contribution < 1.29 is 9.53 Å². The van der Waals surface area contributed by atoms with Crippen LogP contribution in [0.15, 0.2) is 0 Å². The lowest BCUT2D eigenvalue weighted by Crippen LogP contribution is -2.54. The quantitative estimate of drug-likeness (QED) is 0.684. The van der Waals surface area contributed by atoms with Gasteiger partial charge in [0, 0.05) is 6.54 Å². The van der Waals surface area contributed by atoms with E-state index < -0.39 is 5.41 Å². The van der Waals surface area contributed by atoms with Crippen LogP contribution in [0.1, 0.15) is 52.4 Å². The first-order chi connectivity index (χ1) is 9.09. The molecule has 0 bridgehead atoms. The van der Waals surface area contributed by atoms with E-state index in [0.717, 1.165) is 38.5 Å². The van der Waals surface area contributed by atoms with Crippen molar-refractivity contribution >= 4 is 5.91 Å². The molecule has 106 valence electrons. The van der Waals surface area contributed by atoms with Gasteiger partial charge in [0.05, 0.1) is 24.8 Å². The van der Waals surface area contributed by atoms with Crippen molar-refractivity contribution in [3.63, 3.8) is 0 Å². The van der Waals surface area contributed by atoms with E-state index in [4.69, 9.17) is 4.74 Å². The number of amides is 1. The van der Waals surface area contributed by atoms with Gasteiger partial charge in [-0.1, -0.05) is 25.7 Å². The molecule has 2 aliphatic rings. The Bertz CT molecular complexity index is 367. The van der Waals surface area contributed by atoms with E-state index in [-0.39, 0.29) is 18.1 Å². The van der Waals surface area contributed by atoms with Gasteiger partial charge in [-0.15, -0.1) is 0 Å². The number of hydrogen-bond donors (Lipinski definition) is 0. The molecule has 0 radical (unpaired) electrons. The lowest BCUT2D eigenvalue weighted by Gasteiger charge is -2.40. The summed E-state index contributed by atoms with van der Waals surface area (Å²) in [6, 6.07) is 2.44. The van der Waals surface area contributed by atoms with Crippen LogP contribution < -0.4 is 0 Å². The number of hydrogen-bond acceptors (Lipinski definition) is 3.